The number of hydroxylamine groups is 1. The number of fused-ring (bicyclic) bond motifs is 2. The van der Waals surface area contributed by atoms with E-state index in [0.29, 0.717) is 15.8 Å². The molecule has 0 N–H and O–H groups in total. The van der Waals surface area contributed by atoms with Crippen molar-refractivity contribution in [2.45, 2.75) is 14.7 Å². The number of esters is 1. The molecule has 1 heterocycles. The molecule has 0 bridgehead atoms. The van der Waals surface area contributed by atoms with Gasteiger partial charge in [0.25, 0.3) is 15.9 Å². The summed E-state index contributed by atoms with van der Waals surface area (Å²) >= 11 is 1.56. The highest BCUT2D eigenvalue weighted by Gasteiger charge is 2.29. The van der Waals surface area contributed by atoms with E-state index in [2.05, 4.69) is 0 Å². The summed E-state index contributed by atoms with van der Waals surface area (Å²) < 4.78 is 30.8. The van der Waals surface area contributed by atoms with Gasteiger partial charge in [-0.25, -0.2) is 13.2 Å². The number of hydrogen-bond donors (Lipinski definition) is 0. The summed E-state index contributed by atoms with van der Waals surface area (Å²) in [7, 11) is -1.47. The molecule has 8 nitrogen and oxygen atoms in total. The van der Waals surface area contributed by atoms with Crippen molar-refractivity contribution in [2.24, 2.45) is 0 Å². The Morgan fingerprint density at radius 1 is 0.939 bits per heavy atom. The van der Waals surface area contributed by atoms with E-state index in [-0.39, 0.29) is 10.5 Å². The minimum atomic E-state index is -3.93. The topological polar surface area (TPSA) is 93.2 Å². The predicted molar refractivity (Wildman–Crippen MR) is 123 cm³/mol. The maximum Gasteiger partial charge on any atom is 0.338 e. The van der Waals surface area contributed by atoms with Gasteiger partial charge in [0.15, 0.2) is 6.61 Å². The van der Waals surface area contributed by atoms with Crippen molar-refractivity contribution in [1.82, 2.24) is 4.47 Å². The van der Waals surface area contributed by atoms with Crippen molar-refractivity contribution in [2.75, 3.05) is 25.7 Å². The molecule has 0 aliphatic carbocycles. The molecule has 1 aliphatic rings. The second-order valence-electron chi connectivity index (χ2n) is 6.97. The lowest BCUT2D eigenvalue weighted by atomic mass is 10.2. The number of benzene rings is 3. The number of carbonyl (C=O) groups is 2. The summed E-state index contributed by atoms with van der Waals surface area (Å²) in [5.74, 6) is -1.24. The molecule has 0 fully saturated rings. The first-order chi connectivity index (χ1) is 15.8. The van der Waals surface area contributed by atoms with Gasteiger partial charge in [0.1, 0.15) is 0 Å². The maximum absolute atomic E-state index is 13.1. The third kappa shape index (κ3) is 4.51. The molecule has 1 aliphatic heterocycles. The second-order valence-corrected chi connectivity index (χ2v) is 9.99. The molecule has 0 aromatic heterocycles. The van der Waals surface area contributed by atoms with Crippen LogP contribution in [0, 0.1) is 0 Å². The summed E-state index contributed by atoms with van der Waals surface area (Å²) in [6.07, 6.45) is 0. The normalized spacial score (nSPS) is 12.8. The molecule has 33 heavy (non-hydrogen) atoms. The molecule has 0 saturated carbocycles. The van der Waals surface area contributed by atoms with Gasteiger partial charge in [0, 0.05) is 16.8 Å². The Bertz CT molecular complexity index is 1280. The number of rotatable bonds is 6. The Balaban J connectivity index is 1.54. The Morgan fingerprint density at radius 2 is 1.55 bits per heavy atom. The van der Waals surface area contributed by atoms with E-state index < -0.39 is 28.5 Å². The molecule has 0 saturated heterocycles. The van der Waals surface area contributed by atoms with Gasteiger partial charge in [-0.3, -0.25) is 14.5 Å². The van der Waals surface area contributed by atoms with Crippen molar-refractivity contribution in [3.05, 3.63) is 78.4 Å². The van der Waals surface area contributed by atoms with Gasteiger partial charge < -0.3 is 4.74 Å². The largest absolute Gasteiger partial charge is 0.452 e. The zero-order valence-electron chi connectivity index (χ0n) is 17.8. The van der Waals surface area contributed by atoms with Crippen LogP contribution < -0.4 is 4.90 Å². The standard InChI is InChI=1S/C23H20N2O6S2/c1-24(30-2)33(28,29)17-9-7-8-16(14-17)23(27)31-15-22(26)25-18-10-3-5-12-20(18)32-21-13-6-4-11-19(21)25/h3-14H,15H2,1-2H3. The van der Waals surface area contributed by atoms with E-state index in [0.717, 1.165) is 9.79 Å². The fourth-order valence-corrected chi connectivity index (χ4v) is 5.36. The van der Waals surface area contributed by atoms with Crippen molar-refractivity contribution in [3.63, 3.8) is 0 Å². The van der Waals surface area contributed by atoms with E-state index in [1.54, 1.807) is 11.8 Å². The van der Waals surface area contributed by atoms with E-state index >= 15 is 0 Å². The molecule has 4 rings (SSSR count). The molecule has 0 atom stereocenters. The van der Waals surface area contributed by atoms with Gasteiger partial charge in [-0.2, -0.15) is 0 Å². The van der Waals surface area contributed by atoms with Crippen LogP contribution in [0.3, 0.4) is 0 Å². The third-order valence-electron chi connectivity index (χ3n) is 4.97. The van der Waals surface area contributed by atoms with Crippen LogP contribution >= 0.6 is 11.8 Å². The molecule has 3 aromatic rings. The van der Waals surface area contributed by atoms with Crippen molar-refractivity contribution in [1.29, 1.82) is 0 Å². The number of anilines is 2. The van der Waals surface area contributed by atoms with Crippen molar-refractivity contribution >= 4 is 45.0 Å². The van der Waals surface area contributed by atoms with E-state index in [4.69, 9.17) is 9.57 Å². The van der Waals surface area contributed by atoms with Crippen LogP contribution in [0.2, 0.25) is 0 Å². The third-order valence-corrected chi connectivity index (χ3v) is 7.78. The average Bonchev–Trinajstić information content (AvgIpc) is 2.85. The quantitative estimate of drug-likeness (QED) is 0.387. The Kier molecular flexibility index (Phi) is 6.52. The Morgan fingerprint density at radius 3 is 2.15 bits per heavy atom. The number of nitrogens with zero attached hydrogens (tertiary/aromatic N) is 2. The second kappa shape index (κ2) is 9.36. The molecule has 0 spiro atoms. The number of sulfonamides is 1. The molecule has 1 amide bonds. The van der Waals surface area contributed by atoms with Gasteiger partial charge in [0.05, 0.1) is 28.9 Å². The first kappa shape index (κ1) is 23.0. The van der Waals surface area contributed by atoms with E-state index in [1.807, 2.05) is 48.5 Å². The molecular weight excluding hydrogens is 464 g/mol. The van der Waals surface area contributed by atoms with Gasteiger partial charge in [-0.15, -0.1) is 0 Å². The molecule has 0 radical (unpaired) electrons. The zero-order valence-corrected chi connectivity index (χ0v) is 19.4. The zero-order chi connectivity index (χ0) is 23.6. The highest BCUT2D eigenvalue weighted by Crippen LogP contribution is 2.47. The smallest absolute Gasteiger partial charge is 0.338 e. The average molecular weight is 485 g/mol. The molecule has 3 aromatic carbocycles. The van der Waals surface area contributed by atoms with E-state index in [1.165, 1.54) is 43.3 Å². The van der Waals surface area contributed by atoms with Crippen LogP contribution in [-0.4, -0.2) is 45.5 Å². The number of ether oxygens (including phenoxy) is 1. The molecule has 0 unspecified atom stereocenters. The van der Waals surface area contributed by atoms with Gasteiger partial charge in [-0.1, -0.05) is 46.6 Å². The summed E-state index contributed by atoms with van der Waals surface area (Å²) in [6, 6.07) is 20.3. The lowest BCUT2D eigenvalue weighted by Gasteiger charge is -2.30. The van der Waals surface area contributed by atoms with Crippen LogP contribution in [0.15, 0.2) is 87.5 Å². The Hall–Kier alpha value is -3.18. The summed E-state index contributed by atoms with van der Waals surface area (Å²) in [4.78, 5) is 33.7. The van der Waals surface area contributed by atoms with E-state index in [9.17, 15) is 18.0 Å². The molecule has 170 valence electrons. The number of hydrogen-bond acceptors (Lipinski definition) is 7. The number of para-hydroxylation sites is 2. The fraction of sp³-hybridized carbons (Fsp3) is 0.130. The SMILES string of the molecule is CON(C)S(=O)(=O)c1cccc(C(=O)OCC(=O)N2c3ccccc3Sc3ccccc32)c1. The minimum absolute atomic E-state index is 0.00313. The van der Waals surface area contributed by atoms with Crippen LogP contribution in [0.1, 0.15) is 10.4 Å². The maximum atomic E-state index is 13.1. The summed E-state index contributed by atoms with van der Waals surface area (Å²) in [5, 5.41) is 0. The van der Waals surface area contributed by atoms with Crippen molar-refractivity contribution < 1.29 is 27.6 Å². The number of carbonyl (C=O) groups excluding carboxylic acids is 2. The lowest BCUT2D eigenvalue weighted by molar-refractivity contribution is -0.121. The predicted octanol–water partition coefficient (Wildman–Crippen LogP) is 3.85. The first-order valence-electron chi connectivity index (χ1n) is 9.82. The molecule has 10 heteroatoms. The highest BCUT2D eigenvalue weighted by molar-refractivity contribution is 7.99. The van der Waals surface area contributed by atoms with Gasteiger partial charge in [-0.05, 0) is 42.5 Å². The molecular formula is C23H20N2O6S2. The summed E-state index contributed by atoms with van der Waals surface area (Å²) in [6.45, 7) is -0.513. The minimum Gasteiger partial charge on any atom is -0.452 e. The monoisotopic (exact) mass is 484 g/mol. The van der Waals surface area contributed by atoms with Crippen LogP contribution in [0.4, 0.5) is 11.4 Å². The fourth-order valence-electron chi connectivity index (χ4n) is 3.28. The number of amides is 1. The Labute approximate surface area is 195 Å². The van der Waals surface area contributed by atoms with Crippen LogP contribution in [-0.2, 0) is 24.4 Å². The first-order valence-corrected chi connectivity index (χ1v) is 12.1. The summed E-state index contributed by atoms with van der Waals surface area (Å²) in [5.41, 5.74) is 1.42. The highest BCUT2D eigenvalue weighted by atomic mass is 32.2. The lowest BCUT2D eigenvalue weighted by Crippen LogP contribution is -2.32. The van der Waals surface area contributed by atoms with Gasteiger partial charge >= 0.3 is 5.97 Å². The van der Waals surface area contributed by atoms with Crippen LogP contribution in [0.25, 0.3) is 0 Å². The van der Waals surface area contributed by atoms with Crippen molar-refractivity contribution in [3.8, 4) is 0 Å². The van der Waals surface area contributed by atoms with Gasteiger partial charge in [0.2, 0.25) is 0 Å². The van der Waals surface area contributed by atoms with Crippen LogP contribution in [0.5, 0.6) is 0 Å².